The minimum absolute atomic E-state index is 0.0353. The second-order valence-electron chi connectivity index (χ2n) is 6.61. The van der Waals surface area contributed by atoms with Gasteiger partial charge in [0.05, 0.1) is 17.0 Å². The van der Waals surface area contributed by atoms with Gasteiger partial charge < -0.3 is 5.73 Å². The number of benzene rings is 2. The van der Waals surface area contributed by atoms with E-state index in [1.165, 1.54) is 23.1 Å². The summed E-state index contributed by atoms with van der Waals surface area (Å²) < 4.78 is 0. The molecule has 0 unspecified atom stereocenters. The second-order valence-corrected chi connectivity index (χ2v) is 6.61. The van der Waals surface area contributed by atoms with Gasteiger partial charge in [-0.05, 0) is 13.0 Å². The molecular formula is C20H15N5O4. The van der Waals surface area contributed by atoms with Crippen molar-refractivity contribution in [3.05, 3.63) is 75.5 Å². The molecule has 0 spiro atoms. The van der Waals surface area contributed by atoms with Crippen LogP contribution in [-0.2, 0) is 11.2 Å². The highest BCUT2D eigenvalue weighted by atomic mass is 16.6. The fourth-order valence-electron chi connectivity index (χ4n) is 3.22. The molecule has 2 aromatic carbocycles. The molecule has 9 nitrogen and oxygen atoms in total. The van der Waals surface area contributed by atoms with E-state index in [1.807, 2.05) is 19.1 Å². The quantitative estimate of drug-likeness (QED) is 0.539. The topological polar surface area (TPSA) is 132 Å². The van der Waals surface area contributed by atoms with Gasteiger partial charge >= 0.3 is 0 Å². The van der Waals surface area contributed by atoms with Crippen LogP contribution < -0.4 is 10.6 Å². The van der Waals surface area contributed by atoms with Gasteiger partial charge in [0.25, 0.3) is 11.6 Å². The van der Waals surface area contributed by atoms with Crippen molar-refractivity contribution in [1.29, 1.82) is 0 Å². The molecule has 2 amide bonds. The molecule has 0 aliphatic carbocycles. The number of non-ortho nitro benzene ring substituents is 1. The third-order valence-corrected chi connectivity index (χ3v) is 4.62. The van der Waals surface area contributed by atoms with Gasteiger partial charge in [0, 0.05) is 23.3 Å². The van der Waals surface area contributed by atoms with Crippen LogP contribution in [0.3, 0.4) is 0 Å². The van der Waals surface area contributed by atoms with E-state index in [-0.39, 0.29) is 41.0 Å². The highest BCUT2D eigenvalue weighted by Crippen LogP contribution is 2.37. The van der Waals surface area contributed by atoms with Crippen molar-refractivity contribution in [2.45, 2.75) is 13.3 Å². The molecule has 3 aromatic rings. The first-order chi connectivity index (χ1) is 13.8. The molecule has 2 heterocycles. The highest BCUT2D eigenvalue weighted by molar-refractivity contribution is 6.09. The zero-order valence-corrected chi connectivity index (χ0v) is 15.3. The molecule has 0 fully saturated rings. The smallest absolute Gasteiger partial charge is 0.271 e. The third kappa shape index (κ3) is 3.18. The molecule has 0 saturated carbocycles. The molecule has 0 atom stereocenters. The van der Waals surface area contributed by atoms with Crippen LogP contribution in [0.25, 0.3) is 11.4 Å². The van der Waals surface area contributed by atoms with Gasteiger partial charge in [0.2, 0.25) is 5.91 Å². The number of anilines is 2. The largest absolute Gasteiger partial charge is 0.364 e. The van der Waals surface area contributed by atoms with E-state index < -0.39 is 10.8 Å². The van der Waals surface area contributed by atoms with E-state index >= 15 is 0 Å². The number of carbonyl (C=O) groups is 2. The van der Waals surface area contributed by atoms with Crippen molar-refractivity contribution < 1.29 is 14.5 Å². The molecule has 1 aliphatic heterocycles. The number of carbonyl (C=O) groups excluding carboxylic acids is 2. The summed E-state index contributed by atoms with van der Waals surface area (Å²) in [6.45, 7) is 1.94. The van der Waals surface area contributed by atoms with Crippen molar-refractivity contribution in [3.63, 3.8) is 0 Å². The number of rotatable bonds is 4. The Morgan fingerprint density at radius 1 is 1.17 bits per heavy atom. The summed E-state index contributed by atoms with van der Waals surface area (Å²) >= 11 is 0. The number of hydrogen-bond donors (Lipinski definition) is 1. The monoisotopic (exact) mass is 389 g/mol. The summed E-state index contributed by atoms with van der Waals surface area (Å²) in [4.78, 5) is 45.3. The van der Waals surface area contributed by atoms with E-state index in [0.717, 1.165) is 5.56 Å². The molecule has 29 heavy (non-hydrogen) atoms. The third-order valence-electron chi connectivity index (χ3n) is 4.62. The van der Waals surface area contributed by atoms with Gasteiger partial charge in [0.15, 0.2) is 5.82 Å². The lowest BCUT2D eigenvalue weighted by Crippen LogP contribution is -2.21. The normalized spacial score (nSPS) is 12.7. The maximum Gasteiger partial charge on any atom is 0.271 e. The highest BCUT2D eigenvalue weighted by Gasteiger charge is 2.35. The fraction of sp³-hybridized carbons (Fsp3) is 0.100. The number of primary amides is 1. The van der Waals surface area contributed by atoms with Crippen LogP contribution in [0.2, 0.25) is 0 Å². The maximum atomic E-state index is 12.7. The van der Waals surface area contributed by atoms with Crippen molar-refractivity contribution in [2.24, 2.45) is 5.73 Å². The Balaban J connectivity index is 1.91. The number of amides is 2. The van der Waals surface area contributed by atoms with Gasteiger partial charge in [-0.25, -0.2) is 9.97 Å². The SMILES string of the molecule is Cc1ccc(-c2nc(C(N)=O)c3c(n2)N(c2cccc([N+](=O)[O-])c2)C(=O)C3)cc1. The minimum Gasteiger partial charge on any atom is -0.364 e. The first-order valence-corrected chi connectivity index (χ1v) is 8.70. The summed E-state index contributed by atoms with van der Waals surface area (Å²) in [6.07, 6.45) is -0.121. The molecule has 9 heteroatoms. The lowest BCUT2D eigenvalue weighted by molar-refractivity contribution is -0.384. The molecule has 0 saturated heterocycles. The van der Waals surface area contributed by atoms with Gasteiger partial charge in [-0.2, -0.15) is 0 Å². The van der Waals surface area contributed by atoms with Gasteiger partial charge in [-0.15, -0.1) is 0 Å². The van der Waals surface area contributed by atoms with Gasteiger partial charge in [-0.3, -0.25) is 24.6 Å². The van der Waals surface area contributed by atoms with Gasteiger partial charge in [0.1, 0.15) is 11.5 Å². The number of nitro benzene ring substituents is 1. The molecule has 144 valence electrons. The van der Waals surface area contributed by atoms with E-state index in [2.05, 4.69) is 9.97 Å². The lowest BCUT2D eigenvalue weighted by atomic mass is 10.1. The van der Waals surface area contributed by atoms with Gasteiger partial charge in [-0.1, -0.05) is 35.9 Å². The fourth-order valence-corrected chi connectivity index (χ4v) is 3.22. The Hall–Kier alpha value is -4.14. The molecule has 1 aliphatic rings. The Morgan fingerprint density at radius 2 is 1.90 bits per heavy atom. The lowest BCUT2D eigenvalue weighted by Gasteiger charge is -2.17. The minimum atomic E-state index is -0.772. The van der Waals surface area contributed by atoms with Crippen LogP contribution in [0.1, 0.15) is 21.6 Å². The zero-order chi connectivity index (χ0) is 20.7. The summed E-state index contributed by atoms with van der Waals surface area (Å²) in [5, 5.41) is 11.1. The number of aryl methyl sites for hydroxylation is 1. The summed E-state index contributed by atoms with van der Waals surface area (Å²) in [5.41, 5.74) is 7.59. The van der Waals surface area contributed by atoms with E-state index in [4.69, 9.17) is 5.73 Å². The Kier molecular flexibility index (Phi) is 4.27. The average molecular weight is 389 g/mol. The Labute approximate surface area is 165 Å². The molecule has 4 rings (SSSR count). The van der Waals surface area contributed by atoms with Crippen LogP contribution in [-0.4, -0.2) is 26.7 Å². The number of nitrogens with zero attached hydrogens (tertiary/aromatic N) is 4. The maximum absolute atomic E-state index is 12.7. The summed E-state index contributed by atoms with van der Waals surface area (Å²) in [6, 6.07) is 13.0. The van der Waals surface area contributed by atoms with Crippen molar-refractivity contribution in [2.75, 3.05) is 4.90 Å². The number of aromatic nitrogens is 2. The molecule has 0 radical (unpaired) electrons. The van der Waals surface area contributed by atoms with E-state index in [0.29, 0.717) is 11.1 Å². The van der Waals surface area contributed by atoms with Crippen molar-refractivity contribution in [1.82, 2.24) is 9.97 Å². The number of fused-ring (bicyclic) bond motifs is 1. The van der Waals surface area contributed by atoms with Crippen LogP contribution in [0.15, 0.2) is 48.5 Å². The predicted octanol–water partition coefficient (Wildman–Crippen LogP) is 2.68. The van der Waals surface area contributed by atoms with Crippen LogP contribution in [0.4, 0.5) is 17.2 Å². The number of nitro groups is 1. The van der Waals surface area contributed by atoms with Crippen LogP contribution >= 0.6 is 0 Å². The standard InChI is InChI=1S/C20H15N5O4/c1-11-5-7-12(8-6-11)19-22-17(18(21)27)15-10-16(26)24(20(15)23-19)13-3-2-4-14(9-13)25(28)29/h2-9H,10H2,1H3,(H2,21,27). The first-order valence-electron chi connectivity index (χ1n) is 8.70. The molecule has 1 aromatic heterocycles. The Morgan fingerprint density at radius 3 is 2.55 bits per heavy atom. The second kappa shape index (κ2) is 6.79. The number of nitrogens with two attached hydrogens (primary N) is 1. The van der Waals surface area contributed by atoms with E-state index in [9.17, 15) is 19.7 Å². The van der Waals surface area contributed by atoms with Crippen LogP contribution in [0.5, 0.6) is 0 Å². The summed E-state index contributed by atoms with van der Waals surface area (Å²) in [5.74, 6) is -0.707. The summed E-state index contributed by atoms with van der Waals surface area (Å²) in [7, 11) is 0. The molecule has 0 bridgehead atoms. The zero-order valence-electron chi connectivity index (χ0n) is 15.3. The molecular weight excluding hydrogens is 374 g/mol. The predicted molar refractivity (Wildman–Crippen MR) is 105 cm³/mol. The average Bonchev–Trinajstić information content (AvgIpc) is 3.03. The van der Waals surface area contributed by atoms with E-state index in [1.54, 1.807) is 18.2 Å². The van der Waals surface area contributed by atoms with Crippen molar-refractivity contribution >= 4 is 29.0 Å². The number of hydrogen-bond acceptors (Lipinski definition) is 6. The first kappa shape index (κ1) is 18.2. The molecule has 2 N–H and O–H groups in total. The Bertz CT molecular complexity index is 1170. The van der Waals surface area contributed by atoms with Crippen LogP contribution in [0, 0.1) is 17.0 Å². The van der Waals surface area contributed by atoms with Crippen molar-refractivity contribution in [3.8, 4) is 11.4 Å².